The highest BCUT2D eigenvalue weighted by atomic mass is 32.1. The van der Waals surface area contributed by atoms with E-state index in [4.69, 9.17) is 12.2 Å². The van der Waals surface area contributed by atoms with Crippen LogP contribution in [0.4, 0.5) is 11.8 Å². The molecule has 1 aliphatic heterocycles. The number of nitrogens with one attached hydrogen (secondary N) is 2. The van der Waals surface area contributed by atoms with Crippen molar-refractivity contribution in [3.63, 3.8) is 0 Å². The van der Waals surface area contributed by atoms with Gasteiger partial charge in [0.2, 0.25) is 5.95 Å². The molecule has 0 amide bonds. The smallest absolute Gasteiger partial charge is 0.231 e. The SMILES string of the molecule is Cc1cc(N2CCCC[C@H]2C)nc(NC(=S)NC2CC2)n1. The van der Waals surface area contributed by atoms with E-state index in [1.807, 2.05) is 6.92 Å². The van der Waals surface area contributed by atoms with Crippen LogP contribution in [0.15, 0.2) is 6.07 Å². The van der Waals surface area contributed by atoms with Crippen LogP contribution >= 0.6 is 12.2 Å². The van der Waals surface area contributed by atoms with Crippen LogP contribution in [0.3, 0.4) is 0 Å². The molecule has 0 aromatic carbocycles. The molecule has 1 aromatic heterocycles. The minimum absolute atomic E-state index is 0.538. The lowest BCUT2D eigenvalue weighted by Crippen LogP contribution is -2.38. The van der Waals surface area contributed by atoms with Gasteiger partial charge in [0.15, 0.2) is 5.11 Å². The third-order valence-corrected chi connectivity index (χ3v) is 4.30. The van der Waals surface area contributed by atoms with Crippen molar-refractivity contribution in [2.24, 2.45) is 0 Å². The highest BCUT2D eigenvalue weighted by Crippen LogP contribution is 2.24. The molecule has 21 heavy (non-hydrogen) atoms. The summed E-state index contributed by atoms with van der Waals surface area (Å²) in [6.45, 7) is 5.34. The zero-order chi connectivity index (χ0) is 14.8. The molecule has 5 nitrogen and oxygen atoms in total. The predicted molar refractivity (Wildman–Crippen MR) is 89.8 cm³/mol. The maximum atomic E-state index is 5.30. The van der Waals surface area contributed by atoms with Gasteiger partial charge in [0, 0.05) is 30.4 Å². The first-order chi connectivity index (χ1) is 10.1. The van der Waals surface area contributed by atoms with Gasteiger partial charge in [0.25, 0.3) is 0 Å². The Morgan fingerprint density at radius 3 is 2.81 bits per heavy atom. The molecule has 2 N–H and O–H groups in total. The number of nitrogens with zero attached hydrogens (tertiary/aromatic N) is 3. The first kappa shape index (κ1) is 14.5. The van der Waals surface area contributed by atoms with Crippen LogP contribution in [-0.2, 0) is 0 Å². The zero-order valence-corrected chi connectivity index (χ0v) is 13.5. The number of aryl methyl sites for hydroxylation is 1. The Morgan fingerprint density at radius 1 is 1.29 bits per heavy atom. The summed E-state index contributed by atoms with van der Waals surface area (Å²) in [6.07, 6.45) is 6.17. The second-order valence-corrected chi connectivity index (χ2v) is 6.51. The molecule has 6 heteroatoms. The maximum absolute atomic E-state index is 5.30. The van der Waals surface area contributed by atoms with Crippen LogP contribution in [0.2, 0.25) is 0 Å². The van der Waals surface area contributed by atoms with Crippen LogP contribution in [0.25, 0.3) is 0 Å². The molecule has 2 aliphatic rings. The van der Waals surface area contributed by atoms with Crippen LogP contribution in [0.1, 0.15) is 44.7 Å². The Hall–Kier alpha value is -1.43. The van der Waals surface area contributed by atoms with Crippen molar-refractivity contribution in [1.82, 2.24) is 15.3 Å². The lowest BCUT2D eigenvalue weighted by atomic mass is 10.0. The minimum atomic E-state index is 0.538. The third-order valence-electron chi connectivity index (χ3n) is 4.08. The number of hydrogen-bond acceptors (Lipinski definition) is 4. The number of rotatable bonds is 3. The molecule has 0 spiro atoms. The molecule has 1 aliphatic carbocycles. The normalized spacial score (nSPS) is 22.0. The Kier molecular flexibility index (Phi) is 4.24. The van der Waals surface area contributed by atoms with Gasteiger partial charge in [-0.15, -0.1) is 0 Å². The molecular weight excluding hydrogens is 282 g/mol. The first-order valence-electron chi connectivity index (χ1n) is 7.81. The summed E-state index contributed by atoms with van der Waals surface area (Å²) in [5.74, 6) is 1.60. The molecule has 114 valence electrons. The van der Waals surface area contributed by atoms with Crippen molar-refractivity contribution in [1.29, 1.82) is 0 Å². The Bertz CT molecular complexity index is 529. The second-order valence-electron chi connectivity index (χ2n) is 6.10. The number of hydrogen-bond donors (Lipinski definition) is 2. The molecular formula is C15H23N5S. The summed E-state index contributed by atoms with van der Waals surface area (Å²) in [5, 5.41) is 7.00. The summed E-state index contributed by atoms with van der Waals surface area (Å²) < 4.78 is 0. The highest BCUT2D eigenvalue weighted by Gasteiger charge is 2.23. The molecule has 0 bridgehead atoms. The molecule has 2 fully saturated rings. The number of thiocarbonyl (C=S) groups is 1. The van der Waals surface area contributed by atoms with Crippen LogP contribution in [-0.4, -0.2) is 33.7 Å². The topological polar surface area (TPSA) is 53.1 Å². The average molecular weight is 305 g/mol. The molecule has 2 heterocycles. The van der Waals surface area contributed by atoms with E-state index in [2.05, 4.69) is 38.5 Å². The van der Waals surface area contributed by atoms with Gasteiger partial charge in [0.1, 0.15) is 5.82 Å². The molecule has 3 rings (SSSR count). The monoisotopic (exact) mass is 305 g/mol. The third kappa shape index (κ3) is 3.81. The minimum Gasteiger partial charge on any atom is -0.360 e. The number of piperidine rings is 1. The van der Waals surface area contributed by atoms with Crippen molar-refractivity contribution < 1.29 is 0 Å². The summed E-state index contributed by atoms with van der Waals surface area (Å²) in [6, 6.07) is 3.14. The van der Waals surface area contributed by atoms with Crippen molar-refractivity contribution in [2.45, 2.75) is 58.0 Å². The van der Waals surface area contributed by atoms with Gasteiger partial charge < -0.3 is 15.5 Å². The standard InChI is InChI=1S/C15H23N5S/c1-10-9-13(20-8-4-3-5-11(20)2)18-14(16-10)19-15(21)17-12-6-7-12/h9,11-12H,3-8H2,1-2H3,(H2,16,17,18,19,21)/t11-/m1/s1. The molecule has 0 radical (unpaired) electrons. The fraction of sp³-hybridized carbons (Fsp3) is 0.667. The van der Waals surface area contributed by atoms with E-state index in [1.54, 1.807) is 0 Å². The Balaban J connectivity index is 1.73. The van der Waals surface area contributed by atoms with E-state index in [0.29, 0.717) is 23.1 Å². The highest BCUT2D eigenvalue weighted by molar-refractivity contribution is 7.80. The molecule has 1 saturated heterocycles. The van der Waals surface area contributed by atoms with Gasteiger partial charge in [-0.25, -0.2) is 4.98 Å². The lowest BCUT2D eigenvalue weighted by Gasteiger charge is -2.34. The molecule has 1 atom stereocenters. The van der Waals surface area contributed by atoms with E-state index in [0.717, 1.165) is 18.1 Å². The largest absolute Gasteiger partial charge is 0.360 e. The number of aromatic nitrogens is 2. The van der Waals surface area contributed by atoms with E-state index in [-0.39, 0.29) is 0 Å². The molecule has 0 unspecified atom stereocenters. The van der Waals surface area contributed by atoms with E-state index >= 15 is 0 Å². The van der Waals surface area contributed by atoms with E-state index in [9.17, 15) is 0 Å². The van der Waals surface area contributed by atoms with Gasteiger partial charge in [-0.3, -0.25) is 0 Å². The second kappa shape index (κ2) is 6.13. The van der Waals surface area contributed by atoms with Crippen LogP contribution in [0, 0.1) is 6.92 Å². The summed E-state index contributed by atoms with van der Waals surface area (Å²) in [5.41, 5.74) is 0.967. The van der Waals surface area contributed by atoms with Gasteiger partial charge in [0.05, 0.1) is 0 Å². The van der Waals surface area contributed by atoms with Crippen LogP contribution < -0.4 is 15.5 Å². The Labute approximate surface area is 131 Å². The fourth-order valence-corrected chi connectivity index (χ4v) is 3.00. The van der Waals surface area contributed by atoms with Crippen molar-refractivity contribution >= 4 is 29.1 Å². The van der Waals surface area contributed by atoms with Gasteiger partial charge in [-0.05, 0) is 58.2 Å². The van der Waals surface area contributed by atoms with Gasteiger partial charge in [-0.1, -0.05) is 0 Å². The Morgan fingerprint density at radius 2 is 2.10 bits per heavy atom. The summed E-state index contributed by atoms with van der Waals surface area (Å²) >= 11 is 5.30. The first-order valence-corrected chi connectivity index (χ1v) is 8.22. The lowest BCUT2D eigenvalue weighted by molar-refractivity contribution is 0.481. The maximum Gasteiger partial charge on any atom is 0.231 e. The van der Waals surface area contributed by atoms with Crippen molar-refractivity contribution in [2.75, 3.05) is 16.8 Å². The van der Waals surface area contributed by atoms with Gasteiger partial charge in [-0.2, -0.15) is 4.98 Å². The average Bonchev–Trinajstić information content (AvgIpc) is 3.22. The van der Waals surface area contributed by atoms with Crippen molar-refractivity contribution in [3.05, 3.63) is 11.8 Å². The summed E-state index contributed by atoms with van der Waals surface area (Å²) in [7, 11) is 0. The van der Waals surface area contributed by atoms with Gasteiger partial charge >= 0.3 is 0 Å². The molecule has 1 saturated carbocycles. The van der Waals surface area contributed by atoms with Crippen LogP contribution in [0.5, 0.6) is 0 Å². The van der Waals surface area contributed by atoms with Crippen molar-refractivity contribution in [3.8, 4) is 0 Å². The van der Waals surface area contributed by atoms with E-state index in [1.165, 1.54) is 32.1 Å². The zero-order valence-electron chi connectivity index (χ0n) is 12.7. The molecule has 1 aromatic rings. The van der Waals surface area contributed by atoms with E-state index < -0.39 is 0 Å². The quantitative estimate of drug-likeness (QED) is 0.837. The fourth-order valence-electron chi connectivity index (χ4n) is 2.74. The predicted octanol–water partition coefficient (Wildman–Crippen LogP) is 2.61. The number of anilines is 2. The summed E-state index contributed by atoms with van der Waals surface area (Å²) in [4.78, 5) is 11.5.